The Labute approximate surface area is 136 Å². The van der Waals surface area contributed by atoms with Gasteiger partial charge in [-0.1, -0.05) is 30.7 Å². The molecule has 1 aromatic heterocycles. The zero-order valence-electron chi connectivity index (χ0n) is 11.1. The molecule has 1 aromatic carbocycles. The summed E-state index contributed by atoms with van der Waals surface area (Å²) in [6, 6.07) is 7.20. The zero-order valence-corrected chi connectivity index (χ0v) is 14.3. The first-order valence-electron chi connectivity index (χ1n) is 6.52. The van der Waals surface area contributed by atoms with Crippen molar-refractivity contribution in [3.63, 3.8) is 0 Å². The Morgan fingerprint density at radius 2 is 2.25 bits per heavy atom. The van der Waals surface area contributed by atoms with E-state index in [-0.39, 0.29) is 16.9 Å². The molecule has 0 aliphatic rings. The minimum atomic E-state index is -0.321. The maximum absolute atomic E-state index is 14.2. The van der Waals surface area contributed by atoms with Gasteiger partial charge in [0.25, 0.3) is 0 Å². The van der Waals surface area contributed by atoms with Crippen LogP contribution in [0.5, 0.6) is 0 Å². The molecule has 0 saturated heterocycles. The average molecular weight is 377 g/mol. The van der Waals surface area contributed by atoms with Gasteiger partial charge in [-0.2, -0.15) is 0 Å². The van der Waals surface area contributed by atoms with E-state index >= 15 is 0 Å². The number of rotatable bonds is 6. The van der Waals surface area contributed by atoms with Crippen LogP contribution >= 0.6 is 38.9 Å². The highest BCUT2D eigenvalue weighted by molar-refractivity contribution is 9.10. The van der Waals surface area contributed by atoms with Crippen LogP contribution in [-0.2, 0) is 6.42 Å². The Kier molecular flexibility index (Phi) is 6.02. The molecule has 1 atom stereocenters. The van der Waals surface area contributed by atoms with E-state index in [4.69, 9.17) is 11.6 Å². The molecule has 0 saturated carbocycles. The van der Waals surface area contributed by atoms with Gasteiger partial charge in [-0.05, 0) is 41.0 Å². The Morgan fingerprint density at radius 1 is 1.45 bits per heavy atom. The minimum Gasteiger partial charge on any atom is -0.310 e. The highest BCUT2D eigenvalue weighted by Gasteiger charge is 2.18. The van der Waals surface area contributed by atoms with Gasteiger partial charge in [-0.3, -0.25) is 0 Å². The van der Waals surface area contributed by atoms with Crippen molar-refractivity contribution in [2.24, 2.45) is 0 Å². The van der Waals surface area contributed by atoms with Crippen molar-refractivity contribution in [3.05, 3.63) is 55.4 Å². The van der Waals surface area contributed by atoms with Crippen LogP contribution in [-0.4, -0.2) is 6.54 Å². The molecule has 1 unspecified atom stereocenters. The lowest BCUT2D eigenvalue weighted by Crippen LogP contribution is -2.24. The molecule has 1 heterocycles. The maximum atomic E-state index is 14.2. The lowest BCUT2D eigenvalue weighted by molar-refractivity contribution is 0.499. The van der Waals surface area contributed by atoms with E-state index in [9.17, 15) is 4.39 Å². The summed E-state index contributed by atoms with van der Waals surface area (Å²) < 4.78 is 15.3. The fourth-order valence-electron chi connectivity index (χ4n) is 2.06. The number of thiophene rings is 1. The topological polar surface area (TPSA) is 12.0 Å². The van der Waals surface area contributed by atoms with Crippen LogP contribution in [0.25, 0.3) is 0 Å². The van der Waals surface area contributed by atoms with Crippen molar-refractivity contribution in [3.8, 4) is 0 Å². The number of benzene rings is 1. The van der Waals surface area contributed by atoms with E-state index in [2.05, 4.69) is 34.2 Å². The van der Waals surface area contributed by atoms with E-state index in [1.807, 2.05) is 5.38 Å². The Bertz CT molecular complexity index is 573. The van der Waals surface area contributed by atoms with E-state index in [0.717, 1.165) is 23.9 Å². The molecular weight excluding hydrogens is 361 g/mol. The van der Waals surface area contributed by atoms with Crippen LogP contribution in [0.2, 0.25) is 5.02 Å². The molecule has 2 rings (SSSR count). The standard InChI is InChI=1S/C15H16BrClFNS/c1-2-6-19-14(8-11-7-10(16)9-20-11)12-4-3-5-13(17)15(12)18/h3-5,7,9,14,19H,2,6,8H2,1H3. The molecule has 0 spiro atoms. The molecule has 0 fully saturated rings. The van der Waals surface area contributed by atoms with Crippen molar-refractivity contribution in [2.75, 3.05) is 6.54 Å². The predicted molar refractivity (Wildman–Crippen MR) is 88.2 cm³/mol. The second-order valence-corrected chi connectivity index (χ2v) is 6.90. The highest BCUT2D eigenvalue weighted by atomic mass is 79.9. The molecule has 108 valence electrons. The first-order chi connectivity index (χ1) is 9.61. The van der Waals surface area contributed by atoms with Crippen molar-refractivity contribution >= 4 is 38.9 Å². The molecule has 0 bridgehead atoms. The van der Waals surface area contributed by atoms with Gasteiger partial charge < -0.3 is 5.32 Å². The van der Waals surface area contributed by atoms with E-state index in [1.165, 1.54) is 4.88 Å². The summed E-state index contributed by atoms with van der Waals surface area (Å²) in [4.78, 5) is 1.21. The summed E-state index contributed by atoms with van der Waals surface area (Å²) in [5.74, 6) is -0.321. The van der Waals surface area contributed by atoms with Crippen LogP contribution in [0.1, 0.15) is 29.8 Å². The summed E-state index contributed by atoms with van der Waals surface area (Å²) in [5, 5.41) is 5.63. The first-order valence-corrected chi connectivity index (χ1v) is 8.57. The molecule has 5 heteroatoms. The smallest absolute Gasteiger partial charge is 0.146 e. The molecule has 0 amide bonds. The van der Waals surface area contributed by atoms with Crippen LogP contribution < -0.4 is 5.32 Å². The van der Waals surface area contributed by atoms with Gasteiger partial charge in [0.1, 0.15) is 5.82 Å². The minimum absolute atomic E-state index is 0.0563. The largest absolute Gasteiger partial charge is 0.310 e. The third-order valence-electron chi connectivity index (χ3n) is 3.02. The predicted octanol–water partition coefficient (Wildman–Crippen LogP) is 5.59. The molecule has 0 radical (unpaired) electrons. The van der Waals surface area contributed by atoms with Crippen LogP contribution in [0.4, 0.5) is 4.39 Å². The fourth-order valence-corrected chi connectivity index (χ4v) is 3.74. The van der Waals surface area contributed by atoms with Gasteiger partial charge >= 0.3 is 0 Å². The van der Waals surface area contributed by atoms with E-state index < -0.39 is 0 Å². The van der Waals surface area contributed by atoms with Gasteiger partial charge in [0.05, 0.1) is 5.02 Å². The quantitative estimate of drug-likeness (QED) is 0.693. The molecule has 1 N–H and O–H groups in total. The summed E-state index contributed by atoms with van der Waals surface area (Å²) >= 11 is 11.0. The highest BCUT2D eigenvalue weighted by Crippen LogP contribution is 2.29. The van der Waals surface area contributed by atoms with Crippen molar-refractivity contribution in [1.82, 2.24) is 5.32 Å². The van der Waals surface area contributed by atoms with E-state index in [1.54, 1.807) is 29.5 Å². The van der Waals surface area contributed by atoms with Crippen LogP contribution in [0.15, 0.2) is 34.1 Å². The second kappa shape index (κ2) is 7.55. The Morgan fingerprint density at radius 3 is 2.90 bits per heavy atom. The molecule has 2 aromatic rings. The normalized spacial score (nSPS) is 12.6. The fraction of sp³-hybridized carbons (Fsp3) is 0.333. The number of halogens is 3. The maximum Gasteiger partial charge on any atom is 0.146 e. The summed E-state index contributed by atoms with van der Waals surface area (Å²) in [6.45, 7) is 2.95. The van der Waals surface area contributed by atoms with Gasteiger partial charge in [-0.25, -0.2) is 4.39 Å². The third kappa shape index (κ3) is 4.04. The SMILES string of the molecule is CCCNC(Cc1cc(Br)cs1)c1cccc(Cl)c1F. The second-order valence-electron chi connectivity index (χ2n) is 4.59. The lowest BCUT2D eigenvalue weighted by Gasteiger charge is -2.19. The Balaban J connectivity index is 2.24. The third-order valence-corrected chi connectivity index (χ3v) is 5.04. The Hall–Kier alpha value is -0.420. The zero-order chi connectivity index (χ0) is 14.5. The monoisotopic (exact) mass is 375 g/mol. The molecule has 20 heavy (non-hydrogen) atoms. The lowest BCUT2D eigenvalue weighted by atomic mass is 10.0. The molecular formula is C15H16BrClFNS. The van der Waals surface area contributed by atoms with Gasteiger partial charge in [0, 0.05) is 32.8 Å². The number of nitrogens with one attached hydrogen (secondary N) is 1. The van der Waals surface area contributed by atoms with Crippen molar-refractivity contribution in [1.29, 1.82) is 0 Å². The molecule has 1 nitrogen and oxygen atoms in total. The molecule has 0 aliphatic heterocycles. The van der Waals surface area contributed by atoms with Crippen LogP contribution in [0, 0.1) is 5.82 Å². The van der Waals surface area contributed by atoms with Gasteiger partial charge in [0.2, 0.25) is 0 Å². The summed E-state index contributed by atoms with van der Waals surface area (Å²) in [5.41, 5.74) is 0.635. The average Bonchev–Trinajstić information content (AvgIpc) is 2.83. The van der Waals surface area contributed by atoms with Gasteiger partial charge in [-0.15, -0.1) is 11.3 Å². The number of hydrogen-bond donors (Lipinski definition) is 1. The van der Waals surface area contributed by atoms with Crippen LogP contribution in [0.3, 0.4) is 0 Å². The van der Waals surface area contributed by atoms with Crippen molar-refractivity contribution in [2.45, 2.75) is 25.8 Å². The molecule has 0 aliphatic carbocycles. The van der Waals surface area contributed by atoms with Gasteiger partial charge in [0.15, 0.2) is 0 Å². The van der Waals surface area contributed by atoms with E-state index in [0.29, 0.717) is 5.56 Å². The first kappa shape index (κ1) is 16.0. The summed E-state index contributed by atoms with van der Waals surface area (Å²) in [7, 11) is 0. The summed E-state index contributed by atoms with van der Waals surface area (Å²) in [6.07, 6.45) is 1.76. The number of hydrogen-bond acceptors (Lipinski definition) is 2. The van der Waals surface area contributed by atoms with Crippen molar-refractivity contribution < 1.29 is 4.39 Å².